The minimum absolute atomic E-state index is 0.0386. The number of nitrogens with one attached hydrogen (secondary N) is 1. The molecule has 2 aromatic carbocycles. The molecule has 0 saturated carbocycles. The molecule has 0 aliphatic carbocycles. The smallest absolute Gasteiger partial charge is 0.295 e. The zero-order valence-corrected chi connectivity index (χ0v) is 13.4. The molecule has 2 amide bonds. The first-order valence-corrected chi connectivity index (χ1v) is 7.96. The third kappa shape index (κ3) is 3.09. The van der Waals surface area contributed by atoms with Gasteiger partial charge in [0.05, 0.1) is 10.6 Å². The second-order valence-electron chi connectivity index (χ2n) is 5.22. The number of hydrogen-bond acceptors (Lipinski definition) is 6. The summed E-state index contributed by atoms with van der Waals surface area (Å²) < 4.78 is 0. The number of benzene rings is 2. The molecule has 1 aliphatic heterocycles. The Morgan fingerprint density at radius 1 is 1.08 bits per heavy atom. The SMILES string of the molecule is Cc1ccc(N2C(=O)SC(Nc3ccc([N+](=O)[O-])cc3)C2=O)cc1. The average molecular weight is 343 g/mol. The van der Waals surface area contributed by atoms with Crippen LogP contribution in [0.4, 0.5) is 21.9 Å². The standard InChI is InChI=1S/C16H13N3O4S/c1-10-2-6-12(7-3-10)18-15(20)14(24-16(18)21)17-11-4-8-13(9-5-11)19(22)23/h2-9,14,17H,1H3. The van der Waals surface area contributed by atoms with Gasteiger partial charge in [-0.1, -0.05) is 17.7 Å². The molecular formula is C16H13N3O4S. The summed E-state index contributed by atoms with van der Waals surface area (Å²) in [7, 11) is 0. The summed E-state index contributed by atoms with van der Waals surface area (Å²) in [4.78, 5) is 35.9. The number of hydrogen-bond donors (Lipinski definition) is 1. The molecule has 1 heterocycles. The number of nitro benzene ring substituents is 1. The highest BCUT2D eigenvalue weighted by Crippen LogP contribution is 2.32. The number of nitro groups is 1. The number of rotatable bonds is 4. The quantitative estimate of drug-likeness (QED) is 0.674. The van der Waals surface area contributed by atoms with Gasteiger partial charge in [-0.25, -0.2) is 4.90 Å². The van der Waals surface area contributed by atoms with Crippen LogP contribution in [-0.2, 0) is 4.79 Å². The number of carbonyl (C=O) groups excluding carboxylic acids is 2. The van der Waals surface area contributed by atoms with Crippen molar-refractivity contribution < 1.29 is 14.5 Å². The fraction of sp³-hybridized carbons (Fsp3) is 0.125. The highest BCUT2D eigenvalue weighted by molar-refractivity contribution is 8.16. The van der Waals surface area contributed by atoms with Gasteiger partial charge in [0.25, 0.3) is 16.8 Å². The van der Waals surface area contributed by atoms with Crippen molar-refractivity contribution in [3.05, 3.63) is 64.2 Å². The Labute approximate surface area is 141 Å². The van der Waals surface area contributed by atoms with Gasteiger partial charge in [0, 0.05) is 17.8 Å². The summed E-state index contributed by atoms with van der Waals surface area (Å²) >= 11 is 0.879. The Bertz CT molecular complexity index is 805. The largest absolute Gasteiger partial charge is 0.365 e. The maximum atomic E-state index is 12.5. The Hall–Kier alpha value is -2.87. The number of imide groups is 1. The summed E-state index contributed by atoms with van der Waals surface area (Å²) in [6.07, 6.45) is 0. The van der Waals surface area contributed by atoms with E-state index in [0.29, 0.717) is 11.4 Å². The summed E-state index contributed by atoms with van der Waals surface area (Å²) in [6, 6.07) is 12.8. The van der Waals surface area contributed by atoms with Crippen molar-refractivity contribution in [2.75, 3.05) is 10.2 Å². The number of non-ortho nitro benzene ring substituents is 1. The van der Waals surface area contributed by atoms with Gasteiger partial charge in [-0.15, -0.1) is 0 Å². The average Bonchev–Trinajstić information content (AvgIpc) is 2.83. The Kier molecular flexibility index (Phi) is 4.22. The second-order valence-corrected chi connectivity index (χ2v) is 6.28. The molecule has 0 aromatic heterocycles. The fourth-order valence-corrected chi connectivity index (χ4v) is 3.16. The van der Waals surface area contributed by atoms with Gasteiger partial charge in [0.2, 0.25) is 0 Å². The van der Waals surface area contributed by atoms with Crippen molar-refractivity contribution in [2.45, 2.75) is 12.3 Å². The minimum Gasteiger partial charge on any atom is -0.365 e. The molecule has 1 aliphatic rings. The molecule has 0 bridgehead atoms. The van der Waals surface area contributed by atoms with E-state index in [-0.39, 0.29) is 16.8 Å². The first kappa shape index (κ1) is 16.0. The molecule has 1 unspecified atom stereocenters. The van der Waals surface area contributed by atoms with Crippen molar-refractivity contribution in [3.8, 4) is 0 Å². The van der Waals surface area contributed by atoms with Gasteiger partial charge in [-0.3, -0.25) is 19.7 Å². The zero-order chi connectivity index (χ0) is 17.3. The molecule has 1 fully saturated rings. The summed E-state index contributed by atoms with van der Waals surface area (Å²) in [5.74, 6) is -0.368. The molecule has 24 heavy (non-hydrogen) atoms. The lowest BCUT2D eigenvalue weighted by Gasteiger charge is -2.15. The predicted octanol–water partition coefficient (Wildman–Crippen LogP) is 3.54. The first-order chi connectivity index (χ1) is 11.5. The molecule has 3 rings (SSSR count). The van der Waals surface area contributed by atoms with Crippen LogP contribution in [0.2, 0.25) is 0 Å². The summed E-state index contributed by atoms with van der Waals surface area (Å²) in [5, 5.41) is 12.5. The Morgan fingerprint density at radius 2 is 1.71 bits per heavy atom. The molecule has 7 nitrogen and oxygen atoms in total. The lowest BCUT2D eigenvalue weighted by atomic mass is 10.2. The van der Waals surface area contributed by atoms with Crippen LogP contribution in [-0.4, -0.2) is 21.4 Å². The van der Waals surface area contributed by atoms with Crippen LogP contribution in [0.3, 0.4) is 0 Å². The van der Waals surface area contributed by atoms with Crippen molar-refractivity contribution in [1.29, 1.82) is 0 Å². The van der Waals surface area contributed by atoms with E-state index in [4.69, 9.17) is 0 Å². The van der Waals surface area contributed by atoms with Crippen LogP contribution in [0.1, 0.15) is 5.56 Å². The highest BCUT2D eigenvalue weighted by atomic mass is 32.2. The van der Waals surface area contributed by atoms with E-state index in [0.717, 1.165) is 22.2 Å². The van der Waals surface area contributed by atoms with Gasteiger partial charge in [-0.2, -0.15) is 0 Å². The van der Waals surface area contributed by atoms with E-state index in [2.05, 4.69) is 5.32 Å². The summed E-state index contributed by atoms with van der Waals surface area (Å²) in [6.45, 7) is 1.92. The molecular weight excluding hydrogens is 330 g/mol. The topological polar surface area (TPSA) is 92.6 Å². The van der Waals surface area contributed by atoms with Crippen LogP contribution in [0.15, 0.2) is 48.5 Å². The molecule has 8 heteroatoms. The Balaban J connectivity index is 1.76. The highest BCUT2D eigenvalue weighted by Gasteiger charge is 2.40. The maximum Gasteiger partial charge on any atom is 0.295 e. The van der Waals surface area contributed by atoms with Crippen molar-refractivity contribution in [1.82, 2.24) is 0 Å². The second kappa shape index (κ2) is 6.32. The minimum atomic E-state index is -0.764. The molecule has 2 aromatic rings. The van der Waals surface area contributed by atoms with E-state index >= 15 is 0 Å². The molecule has 1 N–H and O–H groups in total. The number of aryl methyl sites for hydroxylation is 1. The first-order valence-electron chi connectivity index (χ1n) is 7.08. The molecule has 0 spiro atoms. The zero-order valence-electron chi connectivity index (χ0n) is 12.6. The van der Waals surface area contributed by atoms with Crippen LogP contribution in [0.25, 0.3) is 0 Å². The van der Waals surface area contributed by atoms with E-state index in [9.17, 15) is 19.7 Å². The summed E-state index contributed by atoms with van der Waals surface area (Å²) in [5.41, 5.74) is 2.05. The third-order valence-electron chi connectivity index (χ3n) is 3.51. The van der Waals surface area contributed by atoms with Crippen molar-refractivity contribution in [2.24, 2.45) is 0 Å². The van der Waals surface area contributed by atoms with Crippen LogP contribution in [0, 0.1) is 17.0 Å². The van der Waals surface area contributed by atoms with E-state index < -0.39 is 10.3 Å². The predicted molar refractivity (Wildman–Crippen MR) is 92.2 cm³/mol. The van der Waals surface area contributed by atoms with Crippen molar-refractivity contribution >= 4 is 40.0 Å². The number of thioether (sulfide) groups is 1. The molecule has 0 radical (unpaired) electrons. The third-order valence-corrected chi connectivity index (χ3v) is 4.45. The lowest BCUT2D eigenvalue weighted by molar-refractivity contribution is -0.384. The van der Waals surface area contributed by atoms with Crippen molar-refractivity contribution in [3.63, 3.8) is 0 Å². The molecule has 1 saturated heterocycles. The fourth-order valence-electron chi connectivity index (χ4n) is 2.26. The number of amides is 2. The number of anilines is 2. The van der Waals surface area contributed by atoms with E-state index in [1.165, 1.54) is 24.3 Å². The molecule has 122 valence electrons. The van der Waals surface area contributed by atoms with Crippen LogP contribution >= 0.6 is 11.8 Å². The van der Waals surface area contributed by atoms with E-state index in [1.807, 2.05) is 19.1 Å². The lowest BCUT2D eigenvalue weighted by Crippen LogP contribution is -2.34. The number of carbonyl (C=O) groups is 2. The monoisotopic (exact) mass is 343 g/mol. The van der Waals surface area contributed by atoms with Gasteiger partial charge in [0.1, 0.15) is 0 Å². The normalized spacial score (nSPS) is 17.2. The van der Waals surface area contributed by atoms with Gasteiger partial charge in [-0.05, 0) is 43.0 Å². The Morgan fingerprint density at radius 3 is 2.29 bits per heavy atom. The van der Waals surface area contributed by atoms with Gasteiger partial charge >= 0.3 is 0 Å². The van der Waals surface area contributed by atoms with Crippen LogP contribution < -0.4 is 10.2 Å². The van der Waals surface area contributed by atoms with Crippen LogP contribution in [0.5, 0.6) is 0 Å². The van der Waals surface area contributed by atoms with Gasteiger partial charge < -0.3 is 5.32 Å². The maximum absolute atomic E-state index is 12.5. The van der Waals surface area contributed by atoms with Gasteiger partial charge in [0.15, 0.2) is 5.37 Å². The number of nitrogens with zero attached hydrogens (tertiary/aromatic N) is 2. The van der Waals surface area contributed by atoms with E-state index in [1.54, 1.807) is 12.1 Å². The molecule has 1 atom stereocenters.